The van der Waals surface area contributed by atoms with Crippen LogP contribution in [0.4, 0.5) is 0 Å². The van der Waals surface area contributed by atoms with Crippen LogP contribution in [0.25, 0.3) is 0 Å². The largest absolute Gasteiger partial charge is 0.394 e. The summed E-state index contributed by atoms with van der Waals surface area (Å²) < 4.78 is 61.7. The summed E-state index contributed by atoms with van der Waals surface area (Å²) >= 11 is 0. The maximum Gasteiger partial charge on any atom is 0.217 e. The number of hydrogen-bond donors (Lipinski definition) is 14. The molecule has 502 valence electrons. The van der Waals surface area contributed by atoms with Gasteiger partial charge in [0.25, 0.3) is 0 Å². The maximum atomic E-state index is 13.0. The van der Waals surface area contributed by atoms with E-state index in [4.69, 9.17) is 47.4 Å². The van der Waals surface area contributed by atoms with E-state index in [0.717, 1.165) is 57.4 Å². The number of fused-ring (bicyclic) bond motifs is 4. The number of allylic oxidation sites excluding steroid dienone is 4. The van der Waals surface area contributed by atoms with Crippen molar-refractivity contribution in [1.29, 1.82) is 0 Å². The Kier molecular flexibility index (Phi) is 22.2. The van der Waals surface area contributed by atoms with E-state index in [1.807, 2.05) is 13.8 Å². The van der Waals surface area contributed by atoms with E-state index in [2.05, 4.69) is 45.3 Å². The van der Waals surface area contributed by atoms with E-state index in [0.29, 0.717) is 24.7 Å². The zero-order chi connectivity index (χ0) is 64.2. The molecule has 5 heterocycles. The van der Waals surface area contributed by atoms with Gasteiger partial charge in [-0.15, -0.1) is 0 Å². The molecule has 30 atom stereocenters. The van der Waals surface area contributed by atoms with Gasteiger partial charge in [0.2, 0.25) is 11.8 Å². The minimum Gasteiger partial charge on any atom is -0.394 e. The van der Waals surface area contributed by atoms with Crippen LogP contribution in [0.3, 0.4) is 0 Å². The number of ether oxygens (including phenoxy) is 10. The highest BCUT2D eigenvalue weighted by Crippen LogP contribution is 2.68. The van der Waals surface area contributed by atoms with E-state index < -0.39 is 198 Å². The van der Waals surface area contributed by atoms with Crippen LogP contribution in [-0.4, -0.2) is 259 Å². The van der Waals surface area contributed by atoms with Gasteiger partial charge in [0.1, 0.15) is 110 Å². The second kappa shape index (κ2) is 28.0. The topological polar surface area (TPSA) is 410 Å². The fourth-order valence-corrected chi connectivity index (χ4v) is 16.7. The molecule has 0 spiro atoms. The van der Waals surface area contributed by atoms with Gasteiger partial charge in [0.05, 0.1) is 39.1 Å². The Balaban J connectivity index is 0.974. The molecule has 0 bridgehead atoms. The van der Waals surface area contributed by atoms with Crippen LogP contribution in [-0.2, 0) is 61.8 Å². The van der Waals surface area contributed by atoms with Crippen molar-refractivity contribution in [3.63, 3.8) is 0 Å². The monoisotopic (exact) mass is 1260 g/mol. The summed E-state index contributed by atoms with van der Waals surface area (Å²) in [6, 6.07) is -3.00. The van der Waals surface area contributed by atoms with Gasteiger partial charge in [-0.05, 0) is 111 Å². The highest BCUT2D eigenvalue weighted by molar-refractivity contribution is 5.90. The van der Waals surface area contributed by atoms with Crippen LogP contribution >= 0.6 is 0 Å². The Morgan fingerprint density at radius 3 is 1.80 bits per heavy atom. The third kappa shape index (κ3) is 13.8. The standard InChI is InChI=1S/C61H98N2O25/c1-25(2)18-29(68)19-26(3)31-11-12-32-30-10-13-39-59(6,7)40(15-17-61(39,9)33(30)14-16-60(31,32)8)86-58-53(47(74)38(24-81-58)85-54-41(62-27(4)66)48(75)44(71)35(20-64)82-54)87-55-42(63-28(5)67)49(76)46(73)37(84-55)23-80-57-52(43(70)34(69)22-79-57)88-56-51(78)50(77)45(72)36(21-65)83-56/h18,26,31-32,34-58,64-65,69-78H,10-17,19-24H2,1-9H3,(H,62,66)(H,63,67)/t26-,31+,32+,34+,35-,36-,37-,38+,39+,40-,41+,42+,43+,44+,45-,46+,47+,48-,49-,50-,51+,52+,53+,54+,55+,56+,57+,58+,60+,61+/m1/s1. The SMILES string of the molecule is CC(=O)N[C@@H]1[C@H](O[C@@H]2[C@H](O[C@@H]3CC[C@@]4(C)C5=C(CC[C@H]4C3(C)C)[C@@H]3CC[C@@H]([C@H](C)CC(=O)C=C(C)C)[C@]3(C)CC5)OC[C@H](O[C@@H]3O[C@H](CO)[C@H](O)[C@H](O)[C@@H]3NC(C)=O)[C@@H]2O)O[C@H](CO[C@@H]2OC[C@H](O)[C@H](O)[C@@H]2O[C@@H]2O[C@H](CO)[C@@H](O)[C@@H](O)[C@@H]2O)[C@H](O)[C@@H]1O. The molecular formula is C61H98N2O25. The van der Waals surface area contributed by atoms with Crippen LogP contribution in [0.15, 0.2) is 22.8 Å². The van der Waals surface area contributed by atoms with E-state index in [-0.39, 0.29) is 28.4 Å². The number of carbonyl (C=O) groups is 3. The number of carbonyl (C=O) groups excluding carboxylic acids is 3. The van der Waals surface area contributed by atoms with Gasteiger partial charge in [-0.25, -0.2) is 0 Å². The quantitative estimate of drug-likeness (QED) is 0.0489. The molecular weight excluding hydrogens is 1160 g/mol. The Labute approximate surface area is 512 Å². The lowest BCUT2D eigenvalue weighted by molar-refractivity contribution is -0.375. The summed E-state index contributed by atoms with van der Waals surface area (Å²) in [6.07, 6.45) is -26.4. The Morgan fingerprint density at radius 2 is 1.17 bits per heavy atom. The summed E-state index contributed by atoms with van der Waals surface area (Å²) in [4.78, 5) is 38.4. The summed E-state index contributed by atoms with van der Waals surface area (Å²) in [5.74, 6) is 0.0789. The normalized spacial score (nSPS) is 47.2. The van der Waals surface area contributed by atoms with Gasteiger partial charge in [-0.3, -0.25) is 14.4 Å². The van der Waals surface area contributed by atoms with Crippen molar-refractivity contribution in [3.05, 3.63) is 22.8 Å². The summed E-state index contributed by atoms with van der Waals surface area (Å²) in [5, 5.41) is 136. The number of amides is 2. The number of hydrogen-bond acceptors (Lipinski definition) is 25. The van der Waals surface area contributed by atoms with Gasteiger partial charge in [0, 0.05) is 20.3 Å². The van der Waals surface area contributed by atoms with Crippen molar-refractivity contribution in [3.8, 4) is 0 Å². The summed E-state index contributed by atoms with van der Waals surface area (Å²) in [5.41, 5.74) is 3.46. The van der Waals surface area contributed by atoms with E-state index >= 15 is 0 Å². The van der Waals surface area contributed by atoms with Crippen molar-refractivity contribution in [2.75, 3.05) is 33.0 Å². The lowest BCUT2D eigenvalue weighted by Gasteiger charge is -2.61. The van der Waals surface area contributed by atoms with Crippen LogP contribution in [0.1, 0.15) is 120 Å². The van der Waals surface area contributed by atoms with E-state index in [1.165, 1.54) is 12.5 Å². The van der Waals surface area contributed by atoms with Gasteiger partial charge in [-0.2, -0.15) is 0 Å². The average molecular weight is 1260 g/mol. The second-order valence-corrected chi connectivity index (χ2v) is 27.7. The molecule has 88 heavy (non-hydrogen) atoms. The molecule has 2 saturated carbocycles. The molecule has 0 unspecified atom stereocenters. The highest BCUT2D eigenvalue weighted by Gasteiger charge is 2.62. The van der Waals surface area contributed by atoms with E-state index in [9.17, 15) is 75.7 Å². The molecule has 27 nitrogen and oxygen atoms in total. The van der Waals surface area contributed by atoms with Crippen LogP contribution < -0.4 is 10.6 Å². The lowest BCUT2D eigenvalue weighted by atomic mass is 9.45. The first kappa shape index (κ1) is 69.5. The summed E-state index contributed by atoms with van der Waals surface area (Å²) in [7, 11) is 0. The molecule has 0 aromatic carbocycles. The first-order valence-corrected chi connectivity index (χ1v) is 31.3. The molecule has 9 aliphatic rings. The van der Waals surface area contributed by atoms with Gasteiger partial charge >= 0.3 is 0 Å². The molecule has 4 aliphatic carbocycles. The minimum atomic E-state index is -1.93. The fourth-order valence-electron chi connectivity index (χ4n) is 16.7. The number of aliphatic hydroxyl groups is 12. The molecule has 0 radical (unpaired) electrons. The van der Waals surface area contributed by atoms with Gasteiger partial charge < -0.3 is 119 Å². The smallest absolute Gasteiger partial charge is 0.217 e. The number of nitrogens with one attached hydrogen (secondary N) is 2. The Bertz CT molecular complexity index is 2480. The minimum absolute atomic E-state index is 0.0754. The molecule has 7 fully saturated rings. The zero-order valence-corrected chi connectivity index (χ0v) is 51.8. The molecule has 2 amide bonds. The van der Waals surface area contributed by atoms with E-state index in [1.54, 1.807) is 11.6 Å². The third-order valence-corrected chi connectivity index (χ3v) is 21.2. The molecule has 5 aliphatic heterocycles. The second-order valence-electron chi connectivity index (χ2n) is 27.7. The molecule has 0 aromatic rings. The molecule has 5 saturated heterocycles. The average Bonchev–Trinajstić information content (AvgIpc) is 1.19. The maximum absolute atomic E-state index is 13.0. The van der Waals surface area contributed by atoms with Crippen LogP contribution in [0.5, 0.6) is 0 Å². The van der Waals surface area contributed by atoms with Gasteiger partial charge in [-0.1, -0.05) is 51.3 Å². The highest BCUT2D eigenvalue weighted by atomic mass is 16.8. The molecule has 9 rings (SSSR count). The van der Waals surface area contributed by atoms with Crippen molar-refractivity contribution >= 4 is 17.6 Å². The van der Waals surface area contributed by atoms with Crippen molar-refractivity contribution in [2.24, 2.45) is 39.9 Å². The molecule has 27 heteroatoms. The van der Waals surface area contributed by atoms with Crippen molar-refractivity contribution < 1.29 is 123 Å². The number of aliphatic hydroxyl groups excluding tert-OH is 12. The predicted octanol–water partition coefficient (Wildman–Crippen LogP) is -2.05. The van der Waals surface area contributed by atoms with Crippen LogP contribution in [0, 0.1) is 39.9 Å². The van der Waals surface area contributed by atoms with Crippen LogP contribution in [0.2, 0.25) is 0 Å². The zero-order valence-electron chi connectivity index (χ0n) is 51.8. The third-order valence-electron chi connectivity index (χ3n) is 21.2. The lowest BCUT2D eigenvalue weighted by Crippen LogP contribution is -2.68. The van der Waals surface area contributed by atoms with Crippen molar-refractivity contribution in [1.82, 2.24) is 10.6 Å². The molecule has 0 aromatic heterocycles. The van der Waals surface area contributed by atoms with Crippen molar-refractivity contribution in [2.45, 2.75) is 267 Å². The first-order valence-electron chi connectivity index (χ1n) is 31.3. The Hall–Kier alpha value is -2.79. The molecule has 14 N–H and O–H groups in total. The summed E-state index contributed by atoms with van der Waals surface area (Å²) in [6.45, 7) is 14.4. The van der Waals surface area contributed by atoms with Gasteiger partial charge in [0.15, 0.2) is 37.2 Å². The Morgan fingerprint density at radius 1 is 0.602 bits per heavy atom. The number of rotatable bonds is 19. The first-order chi connectivity index (χ1) is 41.4. The predicted molar refractivity (Wildman–Crippen MR) is 303 cm³/mol. The fraction of sp³-hybridized carbons (Fsp3) is 0.885. The number of ketones is 1.